The van der Waals surface area contributed by atoms with Gasteiger partial charge in [0.2, 0.25) is 0 Å². The number of nitrogens with two attached hydrogens (primary N) is 1. The molecule has 0 bridgehead atoms. The van der Waals surface area contributed by atoms with Crippen molar-refractivity contribution in [1.29, 1.82) is 0 Å². The summed E-state index contributed by atoms with van der Waals surface area (Å²) < 4.78 is 2.63. The SMILES string of the molecule is Cc1c(C(=O)N2CCC(N)C2)nnn1-c1cccc(Br)c1. The minimum absolute atomic E-state index is 0.0642. The first-order chi connectivity index (χ1) is 10.1. The standard InChI is InChI=1S/C14H16BrN5O/c1-9-13(14(21)19-6-5-11(16)8-19)17-18-20(9)12-4-2-3-10(15)7-12/h2-4,7,11H,5-6,8,16H2,1H3. The predicted molar refractivity (Wildman–Crippen MR) is 82.3 cm³/mol. The van der Waals surface area contributed by atoms with Crippen LogP contribution in [0.25, 0.3) is 5.69 Å². The fourth-order valence-corrected chi connectivity index (χ4v) is 2.89. The molecule has 0 spiro atoms. The van der Waals surface area contributed by atoms with Crippen LogP contribution in [0.2, 0.25) is 0 Å². The molecule has 1 amide bonds. The van der Waals surface area contributed by atoms with E-state index < -0.39 is 0 Å². The first kappa shape index (κ1) is 14.2. The lowest BCUT2D eigenvalue weighted by atomic mass is 10.2. The first-order valence-electron chi connectivity index (χ1n) is 6.79. The van der Waals surface area contributed by atoms with E-state index in [1.54, 1.807) is 9.58 Å². The Kier molecular flexibility index (Phi) is 3.77. The quantitative estimate of drug-likeness (QED) is 0.891. The Morgan fingerprint density at radius 2 is 2.29 bits per heavy atom. The van der Waals surface area contributed by atoms with Gasteiger partial charge >= 0.3 is 0 Å². The van der Waals surface area contributed by atoms with Crippen molar-refractivity contribution in [2.45, 2.75) is 19.4 Å². The molecule has 2 N–H and O–H groups in total. The highest BCUT2D eigenvalue weighted by molar-refractivity contribution is 9.10. The molecule has 1 saturated heterocycles. The van der Waals surface area contributed by atoms with Crippen LogP contribution in [-0.4, -0.2) is 44.9 Å². The summed E-state index contributed by atoms with van der Waals surface area (Å²) in [6.07, 6.45) is 0.838. The zero-order valence-electron chi connectivity index (χ0n) is 11.7. The third-order valence-electron chi connectivity index (χ3n) is 3.66. The second kappa shape index (κ2) is 5.57. The highest BCUT2D eigenvalue weighted by atomic mass is 79.9. The van der Waals surface area contributed by atoms with Crippen LogP contribution in [0.1, 0.15) is 22.6 Å². The van der Waals surface area contributed by atoms with Crippen molar-refractivity contribution in [2.75, 3.05) is 13.1 Å². The summed E-state index contributed by atoms with van der Waals surface area (Å²) in [4.78, 5) is 14.2. The van der Waals surface area contributed by atoms with Gasteiger partial charge in [0.1, 0.15) is 0 Å². The minimum Gasteiger partial charge on any atom is -0.336 e. The molecule has 0 saturated carbocycles. The van der Waals surface area contributed by atoms with Crippen LogP contribution in [0.4, 0.5) is 0 Å². The largest absolute Gasteiger partial charge is 0.336 e. The zero-order chi connectivity index (χ0) is 15.0. The van der Waals surface area contributed by atoms with Gasteiger partial charge in [-0.15, -0.1) is 5.10 Å². The molecule has 7 heteroatoms. The van der Waals surface area contributed by atoms with Gasteiger partial charge < -0.3 is 10.6 Å². The van der Waals surface area contributed by atoms with Crippen molar-refractivity contribution < 1.29 is 4.79 Å². The molecule has 1 unspecified atom stereocenters. The normalized spacial score (nSPS) is 18.2. The van der Waals surface area contributed by atoms with Gasteiger partial charge in [0.15, 0.2) is 5.69 Å². The number of carbonyl (C=O) groups is 1. The van der Waals surface area contributed by atoms with Crippen LogP contribution in [0.5, 0.6) is 0 Å². The molecule has 3 rings (SSSR count). The number of rotatable bonds is 2. The van der Waals surface area contributed by atoms with Crippen LogP contribution in [-0.2, 0) is 0 Å². The van der Waals surface area contributed by atoms with E-state index in [2.05, 4.69) is 26.2 Å². The zero-order valence-corrected chi connectivity index (χ0v) is 13.2. The van der Waals surface area contributed by atoms with E-state index in [-0.39, 0.29) is 11.9 Å². The Morgan fingerprint density at radius 1 is 1.48 bits per heavy atom. The lowest BCUT2D eigenvalue weighted by Gasteiger charge is -2.14. The molecule has 1 aliphatic rings. The van der Waals surface area contributed by atoms with Crippen molar-refractivity contribution in [3.05, 3.63) is 40.1 Å². The second-order valence-electron chi connectivity index (χ2n) is 5.22. The summed E-state index contributed by atoms with van der Waals surface area (Å²) >= 11 is 3.43. The van der Waals surface area contributed by atoms with Crippen molar-refractivity contribution in [1.82, 2.24) is 19.9 Å². The highest BCUT2D eigenvalue weighted by Crippen LogP contribution is 2.19. The van der Waals surface area contributed by atoms with E-state index >= 15 is 0 Å². The van der Waals surface area contributed by atoms with Crippen LogP contribution in [0.15, 0.2) is 28.7 Å². The maximum atomic E-state index is 12.5. The Bertz CT molecular complexity index is 684. The average Bonchev–Trinajstić information content (AvgIpc) is 3.04. The number of likely N-dealkylation sites (tertiary alicyclic amines) is 1. The minimum atomic E-state index is -0.0957. The molecule has 1 fully saturated rings. The topological polar surface area (TPSA) is 77.0 Å². The van der Waals surface area contributed by atoms with Crippen LogP contribution >= 0.6 is 15.9 Å². The molecule has 0 aliphatic carbocycles. The average molecular weight is 350 g/mol. The van der Waals surface area contributed by atoms with E-state index in [0.717, 1.165) is 22.3 Å². The van der Waals surface area contributed by atoms with Crippen LogP contribution < -0.4 is 5.73 Å². The lowest BCUT2D eigenvalue weighted by Crippen LogP contribution is -2.32. The van der Waals surface area contributed by atoms with Gasteiger partial charge in [0, 0.05) is 23.6 Å². The van der Waals surface area contributed by atoms with Crippen LogP contribution in [0, 0.1) is 6.92 Å². The van der Waals surface area contributed by atoms with Gasteiger partial charge in [0.25, 0.3) is 5.91 Å². The highest BCUT2D eigenvalue weighted by Gasteiger charge is 2.28. The summed E-state index contributed by atoms with van der Waals surface area (Å²) in [5.74, 6) is -0.0957. The molecule has 110 valence electrons. The molecule has 1 aromatic heterocycles. The van der Waals surface area contributed by atoms with Gasteiger partial charge in [-0.05, 0) is 31.5 Å². The summed E-state index contributed by atoms with van der Waals surface area (Å²) in [5, 5.41) is 8.16. The molecule has 2 heterocycles. The number of benzene rings is 1. The van der Waals surface area contributed by atoms with Crippen molar-refractivity contribution in [2.24, 2.45) is 5.73 Å². The lowest BCUT2D eigenvalue weighted by molar-refractivity contribution is 0.0784. The van der Waals surface area contributed by atoms with E-state index in [9.17, 15) is 4.79 Å². The summed E-state index contributed by atoms with van der Waals surface area (Å²) in [6.45, 7) is 3.12. The maximum Gasteiger partial charge on any atom is 0.276 e. The number of hydrogen-bond acceptors (Lipinski definition) is 4. The molecule has 21 heavy (non-hydrogen) atoms. The molecule has 1 aliphatic heterocycles. The molecule has 1 atom stereocenters. The summed E-state index contributed by atoms with van der Waals surface area (Å²) in [6, 6.07) is 7.78. The third-order valence-corrected chi connectivity index (χ3v) is 4.16. The van der Waals surface area contributed by atoms with Gasteiger partial charge in [0.05, 0.1) is 11.4 Å². The summed E-state index contributed by atoms with van der Waals surface area (Å²) in [5.41, 5.74) is 7.85. The smallest absolute Gasteiger partial charge is 0.276 e. The number of carbonyl (C=O) groups excluding carboxylic acids is 1. The number of hydrogen-bond donors (Lipinski definition) is 1. The van der Waals surface area contributed by atoms with Gasteiger partial charge in [-0.2, -0.15) is 0 Å². The molecule has 1 aromatic carbocycles. The number of nitrogens with zero attached hydrogens (tertiary/aromatic N) is 4. The second-order valence-corrected chi connectivity index (χ2v) is 6.13. The van der Waals surface area contributed by atoms with Crippen molar-refractivity contribution in [3.8, 4) is 5.69 Å². The predicted octanol–water partition coefficient (Wildman–Crippen LogP) is 1.51. The Labute approximate surface area is 131 Å². The third kappa shape index (κ3) is 2.71. The molecular weight excluding hydrogens is 334 g/mol. The van der Waals surface area contributed by atoms with Crippen molar-refractivity contribution >= 4 is 21.8 Å². The fraction of sp³-hybridized carbons (Fsp3) is 0.357. The van der Waals surface area contributed by atoms with Gasteiger partial charge in [-0.25, -0.2) is 4.68 Å². The maximum absolute atomic E-state index is 12.5. The summed E-state index contributed by atoms with van der Waals surface area (Å²) in [7, 11) is 0. The number of aromatic nitrogens is 3. The number of amides is 1. The van der Waals surface area contributed by atoms with Crippen molar-refractivity contribution in [3.63, 3.8) is 0 Å². The molecule has 2 aromatic rings. The van der Waals surface area contributed by atoms with Crippen LogP contribution in [0.3, 0.4) is 0 Å². The molecule has 6 nitrogen and oxygen atoms in total. The first-order valence-corrected chi connectivity index (χ1v) is 7.58. The molecular formula is C14H16BrN5O. The Balaban J connectivity index is 1.91. The number of halogens is 1. The van der Waals surface area contributed by atoms with E-state index in [1.807, 2.05) is 31.2 Å². The Morgan fingerprint density at radius 3 is 2.95 bits per heavy atom. The van der Waals surface area contributed by atoms with E-state index in [1.165, 1.54) is 0 Å². The van der Waals surface area contributed by atoms with E-state index in [4.69, 9.17) is 5.73 Å². The van der Waals surface area contributed by atoms with Gasteiger partial charge in [-0.3, -0.25) is 4.79 Å². The van der Waals surface area contributed by atoms with E-state index in [0.29, 0.717) is 18.8 Å². The van der Waals surface area contributed by atoms with Gasteiger partial charge in [-0.1, -0.05) is 27.2 Å². The Hall–Kier alpha value is -1.73. The molecule has 0 radical (unpaired) electrons. The fourth-order valence-electron chi connectivity index (χ4n) is 2.50. The monoisotopic (exact) mass is 349 g/mol.